The lowest BCUT2D eigenvalue weighted by Gasteiger charge is -2.07. The van der Waals surface area contributed by atoms with Crippen molar-refractivity contribution in [2.75, 3.05) is 0 Å². The van der Waals surface area contributed by atoms with Crippen molar-refractivity contribution in [3.8, 4) is 17.7 Å². The van der Waals surface area contributed by atoms with Gasteiger partial charge in [0.05, 0.1) is 11.6 Å². The molecule has 0 aliphatic heterocycles. The van der Waals surface area contributed by atoms with Crippen molar-refractivity contribution in [1.29, 1.82) is 5.26 Å². The number of carbonyl (C=O) groups is 1. The third-order valence-corrected chi connectivity index (χ3v) is 2.68. The summed E-state index contributed by atoms with van der Waals surface area (Å²) < 4.78 is 5.96. The minimum Gasteiger partial charge on any atom is -0.477 e. The Labute approximate surface area is 117 Å². The van der Waals surface area contributed by atoms with Crippen molar-refractivity contribution in [2.45, 2.75) is 0 Å². The van der Waals surface area contributed by atoms with E-state index in [9.17, 15) is 4.79 Å². The van der Waals surface area contributed by atoms with E-state index in [1.165, 1.54) is 12.3 Å². The first-order chi connectivity index (χ1) is 9.10. The molecule has 0 aliphatic carbocycles. The van der Waals surface area contributed by atoms with Gasteiger partial charge in [-0.25, -0.2) is 9.78 Å². The van der Waals surface area contributed by atoms with E-state index in [0.29, 0.717) is 15.8 Å². The Morgan fingerprint density at radius 1 is 1.37 bits per heavy atom. The highest BCUT2D eigenvalue weighted by Crippen LogP contribution is 2.25. The van der Waals surface area contributed by atoms with Gasteiger partial charge in [0.2, 0.25) is 5.88 Å². The highest BCUT2D eigenvalue weighted by molar-refractivity contribution is 9.10. The zero-order chi connectivity index (χ0) is 13.8. The van der Waals surface area contributed by atoms with Gasteiger partial charge in [-0.3, -0.25) is 0 Å². The second-order valence-electron chi connectivity index (χ2n) is 3.55. The molecule has 19 heavy (non-hydrogen) atoms. The Morgan fingerprint density at radius 2 is 2.05 bits per heavy atom. The van der Waals surface area contributed by atoms with Crippen LogP contribution in [0, 0.1) is 11.3 Å². The van der Waals surface area contributed by atoms with E-state index >= 15 is 0 Å². The fourth-order valence-corrected chi connectivity index (χ4v) is 1.70. The first-order valence-electron chi connectivity index (χ1n) is 5.17. The number of nitrogens with zero attached hydrogens (tertiary/aromatic N) is 2. The molecule has 0 amide bonds. The van der Waals surface area contributed by atoms with Gasteiger partial charge in [-0.1, -0.05) is 0 Å². The van der Waals surface area contributed by atoms with Crippen molar-refractivity contribution >= 4 is 21.9 Å². The molecule has 1 heterocycles. The number of benzene rings is 1. The topological polar surface area (TPSA) is 83.2 Å². The molecular formula is C13H7BrN2O3. The van der Waals surface area contributed by atoms with Gasteiger partial charge in [-0.2, -0.15) is 5.26 Å². The normalized spacial score (nSPS) is 9.68. The summed E-state index contributed by atoms with van der Waals surface area (Å²) in [5.41, 5.74) is 0.452. The van der Waals surface area contributed by atoms with Crippen LogP contribution in [0.1, 0.15) is 15.9 Å². The van der Waals surface area contributed by atoms with Crippen molar-refractivity contribution < 1.29 is 14.6 Å². The van der Waals surface area contributed by atoms with E-state index in [-0.39, 0.29) is 11.4 Å². The van der Waals surface area contributed by atoms with Crippen LogP contribution < -0.4 is 4.74 Å². The van der Waals surface area contributed by atoms with Gasteiger partial charge in [0, 0.05) is 10.7 Å². The monoisotopic (exact) mass is 318 g/mol. The van der Waals surface area contributed by atoms with Crippen LogP contribution in [-0.2, 0) is 0 Å². The molecule has 0 saturated carbocycles. The molecule has 0 unspecified atom stereocenters. The van der Waals surface area contributed by atoms with E-state index in [0.717, 1.165) is 0 Å². The van der Waals surface area contributed by atoms with Crippen molar-refractivity contribution in [2.24, 2.45) is 0 Å². The number of pyridine rings is 1. The minimum atomic E-state index is -1.13. The van der Waals surface area contributed by atoms with Crippen molar-refractivity contribution in [3.63, 3.8) is 0 Å². The second-order valence-corrected chi connectivity index (χ2v) is 4.47. The number of carboxylic acid groups (broad SMARTS) is 1. The second kappa shape index (κ2) is 5.50. The lowest BCUT2D eigenvalue weighted by molar-refractivity contribution is 0.0693. The SMILES string of the molecule is N#Cc1ccc(Oc2ncc(Br)cc2C(=O)O)cc1. The van der Waals surface area contributed by atoms with Crippen molar-refractivity contribution in [3.05, 3.63) is 52.1 Å². The number of hydrogen-bond acceptors (Lipinski definition) is 4. The molecule has 0 spiro atoms. The molecule has 94 valence electrons. The maximum absolute atomic E-state index is 11.1. The maximum Gasteiger partial charge on any atom is 0.341 e. The maximum atomic E-state index is 11.1. The van der Waals surface area contributed by atoms with E-state index in [2.05, 4.69) is 20.9 Å². The first-order valence-corrected chi connectivity index (χ1v) is 5.96. The largest absolute Gasteiger partial charge is 0.477 e. The van der Waals surface area contributed by atoms with Crippen LogP contribution in [0.3, 0.4) is 0 Å². The van der Waals surface area contributed by atoms with E-state index in [1.54, 1.807) is 24.3 Å². The van der Waals surface area contributed by atoms with Crippen LogP contribution >= 0.6 is 15.9 Å². The number of aromatic nitrogens is 1. The molecule has 6 heteroatoms. The molecule has 0 fully saturated rings. The molecule has 0 atom stereocenters. The molecule has 0 aliphatic rings. The highest BCUT2D eigenvalue weighted by atomic mass is 79.9. The fourth-order valence-electron chi connectivity index (χ4n) is 1.37. The predicted octanol–water partition coefficient (Wildman–Crippen LogP) is 3.21. The quantitative estimate of drug-likeness (QED) is 0.939. The lowest BCUT2D eigenvalue weighted by Crippen LogP contribution is -2.02. The van der Waals surface area contributed by atoms with Gasteiger partial charge in [-0.05, 0) is 46.3 Å². The number of halogens is 1. The molecule has 0 radical (unpaired) electrons. The Hall–Kier alpha value is -2.39. The van der Waals surface area contributed by atoms with Gasteiger partial charge < -0.3 is 9.84 Å². The highest BCUT2D eigenvalue weighted by Gasteiger charge is 2.14. The summed E-state index contributed by atoms with van der Waals surface area (Å²) in [5.74, 6) is -0.714. The molecule has 2 rings (SSSR count). The fraction of sp³-hybridized carbons (Fsp3) is 0. The van der Waals surface area contributed by atoms with Crippen LogP contribution in [0.15, 0.2) is 41.0 Å². The van der Waals surface area contributed by atoms with Gasteiger partial charge in [0.25, 0.3) is 0 Å². The van der Waals surface area contributed by atoms with Crippen molar-refractivity contribution in [1.82, 2.24) is 4.98 Å². The zero-order valence-corrected chi connectivity index (χ0v) is 11.1. The summed E-state index contributed by atoms with van der Waals surface area (Å²) in [6.07, 6.45) is 1.45. The van der Waals surface area contributed by atoms with Crippen LogP contribution in [0.2, 0.25) is 0 Å². The Bertz CT molecular complexity index is 663. The standard InChI is InChI=1S/C13H7BrN2O3/c14-9-5-11(13(17)18)12(16-7-9)19-10-3-1-8(6-15)2-4-10/h1-5,7H,(H,17,18). The zero-order valence-electron chi connectivity index (χ0n) is 9.50. The Kier molecular flexibility index (Phi) is 3.78. The summed E-state index contributed by atoms with van der Waals surface area (Å²) >= 11 is 3.15. The number of aromatic carboxylic acids is 1. The smallest absolute Gasteiger partial charge is 0.341 e. The van der Waals surface area contributed by atoms with Crippen LogP contribution in [-0.4, -0.2) is 16.1 Å². The lowest BCUT2D eigenvalue weighted by atomic mass is 10.2. The van der Waals surface area contributed by atoms with Gasteiger partial charge in [0.15, 0.2) is 0 Å². The number of carboxylic acids is 1. The van der Waals surface area contributed by atoms with E-state index in [1.807, 2.05) is 6.07 Å². The van der Waals surface area contributed by atoms with Gasteiger partial charge >= 0.3 is 5.97 Å². The molecule has 2 aromatic rings. The van der Waals surface area contributed by atoms with E-state index < -0.39 is 5.97 Å². The molecule has 1 aromatic heterocycles. The molecule has 1 N–H and O–H groups in total. The van der Waals surface area contributed by atoms with Crippen LogP contribution in [0.4, 0.5) is 0 Å². The molecule has 0 bridgehead atoms. The summed E-state index contributed by atoms with van der Waals surface area (Å²) in [6, 6.07) is 9.71. The average molecular weight is 319 g/mol. The summed E-state index contributed by atoms with van der Waals surface area (Å²) in [5, 5.41) is 17.7. The average Bonchev–Trinajstić information content (AvgIpc) is 2.41. The van der Waals surface area contributed by atoms with E-state index in [4.69, 9.17) is 15.1 Å². The number of nitriles is 1. The number of rotatable bonds is 3. The third kappa shape index (κ3) is 3.09. The minimum absolute atomic E-state index is 0.000377. The Balaban J connectivity index is 2.32. The molecule has 0 saturated heterocycles. The molecule has 5 nitrogen and oxygen atoms in total. The molecule has 1 aromatic carbocycles. The number of hydrogen-bond donors (Lipinski definition) is 1. The van der Waals surface area contributed by atoms with Crippen LogP contribution in [0.25, 0.3) is 0 Å². The Morgan fingerprint density at radius 3 is 2.63 bits per heavy atom. The number of ether oxygens (including phenoxy) is 1. The predicted molar refractivity (Wildman–Crippen MR) is 70.1 cm³/mol. The first kappa shape index (κ1) is 13.1. The summed E-state index contributed by atoms with van der Waals surface area (Å²) in [4.78, 5) is 15.0. The van der Waals surface area contributed by atoms with Gasteiger partial charge in [-0.15, -0.1) is 0 Å². The third-order valence-electron chi connectivity index (χ3n) is 2.25. The summed E-state index contributed by atoms with van der Waals surface area (Å²) in [6.45, 7) is 0. The van der Waals surface area contributed by atoms with Crippen LogP contribution in [0.5, 0.6) is 11.6 Å². The molecular weight excluding hydrogens is 312 g/mol. The summed E-state index contributed by atoms with van der Waals surface area (Å²) in [7, 11) is 0. The van der Waals surface area contributed by atoms with Gasteiger partial charge in [0.1, 0.15) is 11.3 Å².